The molecule has 1 aliphatic heterocycles. The van der Waals surface area contributed by atoms with Crippen LogP contribution in [0.25, 0.3) is 5.57 Å². The molecular weight excluding hydrogens is 423 g/mol. The van der Waals surface area contributed by atoms with Gasteiger partial charge in [-0.1, -0.05) is 29.5 Å². The van der Waals surface area contributed by atoms with E-state index in [1.54, 1.807) is 29.2 Å². The van der Waals surface area contributed by atoms with E-state index >= 15 is 0 Å². The largest absolute Gasteiger partial charge is 0.382 e. The van der Waals surface area contributed by atoms with Crippen molar-refractivity contribution in [1.29, 1.82) is 0 Å². The van der Waals surface area contributed by atoms with Crippen molar-refractivity contribution in [3.8, 4) is 0 Å². The summed E-state index contributed by atoms with van der Waals surface area (Å²) in [6, 6.07) is 4.83. The zero-order valence-corrected chi connectivity index (χ0v) is 18.0. The number of rotatable bonds is 8. The summed E-state index contributed by atoms with van der Waals surface area (Å²) in [7, 11) is -3.68. The fourth-order valence-electron chi connectivity index (χ4n) is 3.55. The molecule has 10 heteroatoms. The van der Waals surface area contributed by atoms with Crippen molar-refractivity contribution >= 4 is 21.3 Å². The van der Waals surface area contributed by atoms with Gasteiger partial charge in [-0.25, -0.2) is 17.5 Å². The molecule has 8 nitrogen and oxygen atoms in total. The lowest BCUT2D eigenvalue weighted by Crippen LogP contribution is -2.48. The molecule has 2 atom stereocenters. The van der Waals surface area contributed by atoms with Gasteiger partial charge >= 0.3 is 0 Å². The van der Waals surface area contributed by atoms with Gasteiger partial charge in [-0.05, 0) is 30.5 Å². The number of aromatic nitrogens is 3. The van der Waals surface area contributed by atoms with E-state index in [1.165, 1.54) is 24.0 Å². The normalized spacial score (nSPS) is 16.5. The monoisotopic (exact) mass is 448 g/mol. The number of halogens is 1. The van der Waals surface area contributed by atoms with Gasteiger partial charge in [0, 0.05) is 24.8 Å². The van der Waals surface area contributed by atoms with Gasteiger partial charge in [0.2, 0.25) is 0 Å². The summed E-state index contributed by atoms with van der Waals surface area (Å²) in [6.07, 6.45) is 4.90. The summed E-state index contributed by atoms with van der Waals surface area (Å²) in [5.41, 5.74) is 1.95. The summed E-state index contributed by atoms with van der Waals surface area (Å²) in [6.45, 7) is 5.45. The van der Waals surface area contributed by atoms with Crippen LogP contribution in [-0.2, 0) is 21.2 Å². The third-order valence-electron chi connectivity index (χ3n) is 5.36. The second-order valence-electron chi connectivity index (χ2n) is 7.41. The average molecular weight is 449 g/mol. The highest BCUT2D eigenvalue weighted by Gasteiger charge is 2.35. The molecule has 0 radical (unpaired) electrons. The zero-order valence-electron chi connectivity index (χ0n) is 17.2. The summed E-state index contributed by atoms with van der Waals surface area (Å²) < 4.78 is 40.5. The highest BCUT2D eigenvalue weighted by Crippen LogP contribution is 2.29. The molecule has 166 valence electrons. The fraction of sp³-hybridized carbons (Fsp3) is 0.381. The molecule has 31 heavy (non-hydrogen) atoms. The summed E-state index contributed by atoms with van der Waals surface area (Å²) in [4.78, 5) is 14.0. The predicted octanol–water partition coefficient (Wildman–Crippen LogP) is 1.43. The number of aliphatic hydroxyl groups is 1. The van der Waals surface area contributed by atoms with Crippen LogP contribution in [0.15, 0.2) is 49.3 Å². The first-order valence-corrected chi connectivity index (χ1v) is 11.6. The molecule has 2 heterocycles. The van der Waals surface area contributed by atoms with Crippen molar-refractivity contribution in [1.82, 2.24) is 19.9 Å². The van der Waals surface area contributed by atoms with E-state index in [0.29, 0.717) is 18.5 Å². The highest BCUT2D eigenvalue weighted by molar-refractivity contribution is 7.92. The zero-order chi connectivity index (χ0) is 22.6. The number of hydrogen-bond acceptors (Lipinski definition) is 6. The Bertz CT molecular complexity index is 1080. The van der Waals surface area contributed by atoms with Crippen LogP contribution < -0.4 is 0 Å². The molecule has 1 aliphatic rings. The number of aliphatic hydroxyl groups excluding tert-OH is 1. The molecule has 0 fully saturated rings. The maximum absolute atomic E-state index is 14.7. The fourth-order valence-corrected chi connectivity index (χ4v) is 4.69. The van der Waals surface area contributed by atoms with E-state index in [9.17, 15) is 22.7 Å². The van der Waals surface area contributed by atoms with Crippen LogP contribution in [-0.4, -0.2) is 69.5 Å². The first-order chi connectivity index (χ1) is 14.7. The third kappa shape index (κ3) is 5.08. The van der Waals surface area contributed by atoms with Crippen LogP contribution in [0.4, 0.5) is 4.39 Å². The third-order valence-corrected chi connectivity index (χ3v) is 7.45. The van der Waals surface area contributed by atoms with Gasteiger partial charge in [-0.2, -0.15) is 0 Å². The molecule has 1 unspecified atom stereocenters. The van der Waals surface area contributed by atoms with Gasteiger partial charge in [-0.3, -0.25) is 4.79 Å². The van der Waals surface area contributed by atoms with Crippen molar-refractivity contribution in [3.63, 3.8) is 0 Å². The molecule has 0 saturated heterocycles. The summed E-state index contributed by atoms with van der Waals surface area (Å²) >= 11 is 0. The van der Waals surface area contributed by atoms with Crippen molar-refractivity contribution in [3.05, 3.63) is 66.3 Å². The quantitative estimate of drug-likeness (QED) is 0.613. The Hall–Kier alpha value is -2.85. The SMILES string of the molecule is C=CCS(=O)(=O)C(C)[C@H](O)C(=O)N1CC=C(c2c(F)cccc2Cn2ccnn2)CC1. The van der Waals surface area contributed by atoms with Crippen LogP contribution in [0.5, 0.6) is 0 Å². The smallest absolute Gasteiger partial charge is 0.253 e. The van der Waals surface area contributed by atoms with Gasteiger partial charge in [0.25, 0.3) is 5.91 Å². The molecule has 0 bridgehead atoms. The molecular formula is C21H25FN4O4S. The Balaban J connectivity index is 1.76. The van der Waals surface area contributed by atoms with Crippen molar-refractivity contribution in [2.45, 2.75) is 31.2 Å². The van der Waals surface area contributed by atoms with Gasteiger partial charge in [-0.15, -0.1) is 11.7 Å². The maximum atomic E-state index is 14.7. The molecule has 0 saturated carbocycles. The Kier molecular flexibility index (Phi) is 7.01. The van der Waals surface area contributed by atoms with Crippen molar-refractivity contribution in [2.75, 3.05) is 18.8 Å². The van der Waals surface area contributed by atoms with Gasteiger partial charge in [0.1, 0.15) is 11.9 Å². The number of benzene rings is 1. The number of amides is 1. The number of hydrogen-bond donors (Lipinski definition) is 1. The van der Waals surface area contributed by atoms with Crippen LogP contribution in [0.3, 0.4) is 0 Å². The van der Waals surface area contributed by atoms with Crippen LogP contribution in [0, 0.1) is 5.82 Å². The summed E-state index contributed by atoms with van der Waals surface area (Å²) in [5.74, 6) is -1.34. The Morgan fingerprint density at radius 2 is 2.19 bits per heavy atom. The van der Waals surface area contributed by atoms with Crippen molar-refractivity contribution < 1.29 is 22.7 Å². The van der Waals surface area contributed by atoms with Crippen LogP contribution in [0.2, 0.25) is 0 Å². The Morgan fingerprint density at radius 1 is 1.42 bits per heavy atom. The predicted molar refractivity (Wildman–Crippen MR) is 114 cm³/mol. The number of carbonyl (C=O) groups is 1. The molecule has 0 spiro atoms. The van der Waals surface area contributed by atoms with E-state index in [1.807, 2.05) is 6.07 Å². The van der Waals surface area contributed by atoms with E-state index in [-0.39, 0.29) is 24.7 Å². The molecule has 1 amide bonds. The lowest BCUT2D eigenvalue weighted by Gasteiger charge is -2.30. The highest BCUT2D eigenvalue weighted by atomic mass is 32.2. The number of carbonyl (C=O) groups excluding carboxylic acids is 1. The van der Waals surface area contributed by atoms with Gasteiger partial charge in [0.15, 0.2) is 9.84 Å². The molecule has 2 aromatic rings. The topological polar surface area (TPSA) is 105 Å². The second-order valence-corrected chi connectivity index (χ2v) is 9.81. The standard InChI is InChI=1S/C21H25FN4O4S/c1-3-13-31(29,30)15(2)20(27)21(28)25-10-7-16(8-11-25)19-17(5-4-6-18(19)22)14-26-12-9-23-24-26/h3-7,9,12,15,20,27H,1,8,10-11,13-14H2,2H3/t15?,20-/m0/s1. The van der Waals surface area contributed by atoms with E-state index < -0.39 is 27.1 Å². The van der Waals surface area contributed by atoms with E-state index in [2.05, 4.69) is 16.9 Å². The minimum atomic E-state index is -3.68. The molecule has 1 aromatic heterocycles. The molecule has 0 aliphatic carbocycles. The molecule has 1 aromatic carbocycles. The van der Waals surface area contributed by atoms with E-state index in [0.717, 1.165) is 11.1 Å². The number of nitrogens with zero attached hydrogens (tertiary/aromatic N) is 4. The average Bonchev–Trinajstić information content (AvgIpc) is 3.25. The first-order valence-electron chi connectivity index (χ1n) is 9.84. The second kappa shape index (κ2) is 9.52. The van der Waals surface area contributed by atoms with Crippen LogP contribution in [0.1, 0.15) is 24.5 Å². The van der Waals surface area contributed by atoms with Gasteiger partial charge < -0.3 is 10.0 Å². The molecule has 3 rings (SSSR count). The Labute approximate surface area is 180 Å². The van der Waals surface area contributed by atoms with Gasteiger partial charge in [0.05, 0.1) is 23.7 Å². The minimum absolute atomic E-state index is 0.149. The lowest BCUT2D eigenvalue weighted by atomic mass is 9.94. The van der Waals surface area contributed by atoms with Crippen LogP contribution >= 0.6 is 0 Å². The van der Waals surface area contributed by atoms with E-state index in [4.69, 9.17) is 0 Å². The first kappa shape index (κ1) is 22.8. The minimum Gasteiger partial charge on any atom is -0.382 e. The molecule has 1 N–H and O–H groups in total. The Morgan fingerprint density at radius 3 is 2.81 bits per heavy atom. The number of sulfone groups is 1. The summed E-state index contributed by atoms with van der Waals surface area (Å²) in [5, 5.41) is 16.7. The lowest BCUT2D eigenvalue weighted by molar-refractivity contribution is -0.139. The maximum Gasteiger partial charge on any atom is 0.253 e. The van der Waals surface area contributed by atoms with Crippen molar-refractivity contribution in [2.24, 2.45) is 0 Å².